The number of nitrogens with two attached hydrogens (primary N) is 1. The van der Waals surface area contributed by atoms with Crippen molar-refractivity contribution in [1.29, 1.82) is 0 Å². The first kappa shape index (κ1) is 21.5. The van der Waals surface area contributed by atoms with Crippen molar-refractivity contribution in [3.8, 4) is 22.6 Å². The van der Waals surface area contributed by atoms with Gasteiger partial charge in [-0.2, -0.15) is 0 Å². The molecule has 2 aromatic carbocycles. The van der Waals surface area contributed by atoms with E-state index in [-0.39, 0.29) is 0 Å². The van der Waals surface area contributed by atoms with E-state index in [4.69, 9.17) is 20.2 Å². The molecule has 4 heterocycles. The van der Waals surface area contributed by atoms with Crippen LogP contribution in [0.5, 0.6) is 11.5 Å². The third-order valence-corrected chi connectivity index (χ3v) is 7.02. The lowest BCUT2D eigenvalue weighted by Gasteiger charge is -2.23. The zero-order chi connectivity index (χ0) is 24.1. The molecule has 2 N–H and O–H groups in total. The molecule has 0 saturated carbocycles. The van der Waals surface area contributed by atoms with Crippen LogP contribution in [0.2, 0.25) is 0 Å². The summed E-state index contributed by atoms with van der Waals surface area (Å²) in [7, 11) is 1.66. The Morgan fingerprint density at radius 2 is 1.91 bits per heavy atom. The van der Waals surface area contributed by atoms with E-state index in [1.165, 1.54) is 11.3 Å². The number of methoxy groups -OCH3 is 1. The maximum atomic E-state index is 6.23. The highest BCUT2D eigenvalue weighted by Gasteiger charge is 2.22. The minimum Gasteiger partial charge on any atom is -0.497 e. The van der Waals surface area contributed by atoms with E-state index in [1.807, 2.05) is 37.4 Å². The minimum atomic E-state index is 0.525. The van der Waals surface area contributed by atoms with Gasteiger partial charge in [-0.15, -0.1) is 0 Å². The number of hydrogen-bond donors (Lipinski definition) is 1. The summed E-state index contributed by atoms with van der Waals surface area (Å²) in [5.41, 5.74) is 11.8. The fraction of sp³-hybridized carbons (Fsp3) is 0.231. The average Bonchev–Trinajstić information content (AvgIpc) is 3.08. The molecule has 0 bridgehead atoms. The summed E-state index contributed by atoms with van der Waals surface area (Å²) in [6.45, 7) is 5.95. The molecule has 0 amide bonds. The number of hydrogen-bond acceptors (Lipinski definition) is 9. The van der Waals surface area contributed by atoms with Crippen molar-refractivity contribution < 1.29 is 9.47 Å². The Labute approximate surface area is 206 Å². The Morgan fingerprint density at radius 1 is 1.03 bits per heavy atom. The van der Waals surface area contributed by atoms with E-state index in [9.17, 15) is 0 Å². The van der Waals surface area contributed by atoms with Crippen molar-refractivity contribution in [2.45, 2.75) is 20.4 Å². The normalized spacial score (nSPS) is 13.5. The molecular formula is C26H24N6O2S. The van der Waals surface area contributed by atoms with E-state index in [0.717, 1.165) is 66.6 Å². The predicted octanol–water partition coefficient (Wildman–Crippen LogP) is 4.91. The van der Waals surface area contributed by atoms with Crippen LogP contribution in [0.1, 0.15) is 17.0 Å². The second-order valence-corrected chi connectivity index (χ2v) is 9.64. The Balaban J connectivity index is 1.43. The van der Waals surface area contributed by atoms with Crippen molar-refractivity contribution in [2.75, 3.05) is 30.9 Å². The predicted molar refractivity (Wildman–Crippen MR) is 139 cm³/mol. The van der Waals surface area contributed by atoms with Crippen LogP contribution in [0, 0.1) is 13.8 Å². The Kier molecular flexibility index (Phi) is 5.14. The smallest absolute Gasteiger partial charge is 0.182 e. The van der Waals surface area contributed by atoms with Crippen LogP contribution in [0.4, 0.5) is 10.9 Å². The van der Waals surface area contributed by atoms with Crippen LogP contribution in [0.3, 0.4) is 0 Å². The summed E-state index contributed by atoms with van der Waals surface area (Å²) in [5.74, 6) is 3.33. The standard InChI is InChI=1S/C26H24N6O2S/c1-14-8-16(17-10-22-25(28-12-17)35-26(27)31-22)9-18-13-32(6-7-34-23(14)18)24-20-5-4-19(33-3)11-21(20)29-15(2)30-24/h4-5,8-12H,6-7,13H2,1-3H3,(H2,27,31). The van der Waals surface area contributed by atoms with Crippen LogP contribution in [0.25, 0.3) is 32.4 Å². The fourth-order valence-corrected chi connectivity index (χ4v) is 5.29. The van der Waals surface area contributed by atoms with Gasteiger partial charge >= 0.3 is 0 Å². The van der Waals surface area contributed by atoms with E-state index in [1.54, 1.807) is 7.11 Å². The molecule has 0 atom stereocenters. The summed E-state index contributed by atoms with van der Waals surface area (Å²) < 4.78 is 11.6. The number of rotatable bonds is 3. The molecule has 8 nitrogen and oxygen atoms in total. The van der Waals surface area contributed by atoms with Crippen LogP contribution in [0.15, 0.2) is 42.6 Å². The van der Waals surface area contributed by atoms with Gasteiger partial charge in [0, 0.05) is 35.3 Å². The number of nitrogens with zero attached hydrogens (tertiary/aromatic N) is 5. The number of nitrogen functional groups attached to an aromatic ring is 1. The Morgan fingerprint density at radius 3 is 2.77 bits per heavy atom. The van der Waals surface area contributed by atoms with Gasteiger partial charge in [0.1, 0.15) is 40.1 Å². The highest BCUT2D eigenvalue weighted by Crippen LogP contribution is 2.36. The van der Waals surface area contributed by atoms with Crippen molar-refractivity contribution in [3.63, 3.8) is 0 Å². The number of fused-ring (bicyclic) bond motifs is 3. The van der Waals surface area contributed by atoms with Crippen LogP contribution < -0.4 is 20.1 Å². The van der Waals surface area contributed by atoms with Crippen molar-refractivity contribution >= 4 is 43.5 Å². The van der Waals surface area contributed by atoms with Gasteiger partial charge in [-0.25, -0.2) is 19.9 Å². The molecule has 1 aliphatic heterocycles. The lowest BCUT2D eigenvalue weighted by atomic mass is 9.99. The first-order chi connectivity index (χ1) is 17.0. The number of anilines is 2. The largest absolute Gasteiger partial charge is 0.497 e. The van der Waals surface area contributed by atoms with Gasteiger partial charge in [0.05, 0.1) is 19.2 Å². The van der Waals surface area contributed by atoms with Gasteiger partial charge in [0.15, 0.2) is 5.13 Å². The van der Waals surface area contributed by atoms with Gasteiger partial charge in [-0.05, 0) is 55.3 Å². The SMILES string of the molecule is COc1ccc2c(N3CCOc4c(C)cc(-c5cnc6sc(N)nc6c5)cc4C3)nc(C)nc2c1. The number of aromatic nitrogens is 4. The molecule has 5 aromatic rings. The summed E-state index contributed by atoms with van der Waals surface area (Å²) >= 11 is 1.40. The third kappa shape index (κ3) is 3.87. The van der Waals surface area contributed by atoms with Gasteiger partial charge in [-0.1, -0.05) is 11.3 Å². The Hall–Kier alpha value is -3.98. The molecule has 0 aliphatic carbocycles. The summed E-state index contributed by atoms with van der Waals surface area (Å²) in [6.07, 6.45) is 1.88. The number of aryl methyl sites for hydroxylation is 2. The van der Waals surface area contributed by atoms with Gasteiger partial charge < -0.3 is 20.1 Å². The van der Waals surface area contributed by atoms with E-state index in [0.29, 0.717) is 24.8 Å². The van der Waals surface area contributed by atoms with Crippen molar-refractivity contribution in [2.24, 2.45) is 0 Å². The molecule has 0 radical (unpaired) electrons. The molecule has 3 aromatic heterocycles. The van der Waals surface area contributed by atoms with Crippen molar-refractivity contribution in [1.82, 2.24) is 19.9 Å². The highest BCUT2D eigenvalue weighted by molar-refractivity contribution is 7.21. The monoisotopic (exact) mass is 484 g/mol. The first-order valence-electron chi connectivity index (χ1n) is 11.3. The molecular weight excluding hydrogens is 460 g/mol. The maximum Gasteiger partial charge on any atom is 0.182 e. The summed E-state index contributed by atoms with van der Waals surface area (Å²) in [4.78, 5) is 21.5. The molecule has 0 saturated heterocycles. The lowest BCUT2D eigenvalue weighted by molar-refractivity contribution is 0.329. The second-order valence-electron chi connectivity index (χ2n) is 8.63. The number of pyridine rings is 1. The van der Waals surface area contributed by atoms with Gasteiger partial charge in [0.2, 0.25) is 0 Å². The van der Waals surface area contributed by atoms with Crippen molar-refractivity contribution in [3.05, 3.63) is 59.5 Å². The van der Waals surface area contributed by atoms with E-state index in [2.05, 4.69) is 38.9 Å². The summed E-state index contributed by atoms with van der Waals surface area (Å²) in [5, 5.41) is 1.51. The maximum absolute atomic E-state index is 6.23. The van der Waals surface area contributed by atoms with E-state index < -0.39 is 0 Å². The lowest BCUT2D eigenvalue weighted by Crippen LogP contribution is -2.26. The second kappa shape index (κ2) is 8.35. The van der Waals surface area contributed by atoms with Crippen LogP contribution in [-0.2, 0) is 6.54 Å². The van der Waals surface area contributed by atoms with Crippen LogP contribution in [-0.4, -0.2) is 40.2 Å². The Bertz CT molecular complexity index is 1600. The summed E-state index contributed by atoms with van der Waals surface area (Å²) in [6, 6.07) is 12.3. The molecule has 35 heavy (non-hydrogen) atoms. The van der Waals surface area contributed by atoms with Gasteiger partial charge in [-0.3, -0.25) is 0 Å². The van der Waals surface area contributed by atoms with Gasteiger partial charge in [0.25, 0.3) is 0 Å². The highest BCUT2D eigenvalue weighted by atomic mass is 32.1. The quantitative estimate of drug-likeness (QED) is 0.386. The van der Waals surface area contributed by atoms with E-state index >= 15 is 0 Å². The molecule has 1 aliphatic rings. The number of thiazole rings is 1. The molecule has 0 unspecified atom stereocenters. The first-order valence-corrected chi connectivity index (χ1v) is 12.2. The third-order valence-electron chi connectivity index (χ3n) is 6.21. The number of ether oxygens (including phenoxy) is 2. The molecule has 0 spiro atoms. The molecule has 6 rings (SSSR count). The minimum absolute atomic E-state index is 0.525. The number of benzene rings is 2. The zero-order valence-electron chi connectivity index (χ0n) is 19.7. The fourth-order valence-electron chi connectivity index (χ4n) is 4.63. The molecule has 176 valence electrons. The average molecular weight is 485 g/mol. The topological polar surface area (TPSA) is 99.3 Å². The zero-order valence-corrected chi connectivity index (χ0v) is 20.5. The van der Waals surface area contributed by atoms with Crippen LogP contribution >= 0.6 is 11.3 Å². The molecule has 9 heteroatoms. The molecule has 0 fully saturated rings.